The molecule has 0 fully saturated rings. The highest BCUT2D eigenvalue weighted by molar-refractivity contribution is 6.03. The molecule has 0 aliphatic rings. The van der Waals surface area contributed by atoms with Crippen molar-refractivity contribution < 1.29 is 9.90 Å². The van der Waals surface area contributed by atoms with Gasteiger partial charge >= 0.3 is 0 Å². The summed E-state index contributed by atoms with van der Waals surface area (Å²) in [7, 11) is 1.78. The number of carbonyl (C=O) groups excluding carboxylic acids is 1. The van der Waals surface area contributed by atoms with E-state index >= 15 is 0 Å². The third-order valence-electron chi connectivity index (χ3n) is 2.86. The van der Waals surface area contributed by atoms with Gasteiger partial charge in [0.25, 0.3) is 5.91 Å². The number of hydrogen-bond donors (Lipinski definition) is 2. The van der Waals surface area contributed by atoms with E-state index < -0.39 is 0 Å². The second kappa shape index (κ2) is 6.73. The minimum absolute atomic E-state index is 0.0532. The molecule has 5 nitrogen and oxygen atoms in total. The van der Waals surface area contributed by atoms with Crippen molar-refractivity contribution >= 4 is 11.7 Å². The first kappa shape index (κ1) is 14.8. The van der Waals surface area contributed by atoms with Crippen LogP contribution in [-0.2, 0) is 7.05 Å². The zero-order chi connectivity index (χ0) is 15.2. The van der Waals surface area contributed by atoms with Crippen LogP contribution in [0.5, 0.6) is 0 Å². The van der Waals surface area contributed by atoms with E-state index in [0.717, 1.165) is 11.3 Å². The van der Waals surface area contributed by atoms with Crippen LogP contribution in [0.3, 0.4) is 0 Å². The Bertz CT molecular complexity index is 691. The molecule has 1 aromatic carbocycles. The molecular weight excluding hydrogens is 266 g/mol. The topological polar surface area (TPSA) is 67.2 Å². The van der Waals surface area contributed by atoms with Crippen LogP contribution in [0.1, 0.15) is 28.0 Å². The first-order chi connectivity index (χ1) is 10.1. The Balaban J connectivity index is 2.07. The summed E-state index contributed by atoms with van der Waals surface area (Å²) in [5.41, 5.74) is 2.22. The summed E-state index contributed by atoms with van der Waals surface area (Å²) in [6.45, 7) is 1.92. The van der Waals surface area contributed by atoms with Crippen molar-refractivity contribution in [2.75, 3.05) is 11.9 Å². The lowest BCUT2D eigenvalue weighted by molar-refractivity contribution is 0.102. The molecule has 1 amide bonds. The van der Waals surface area contributed by atoms with Gasteiger partial charge in [0, 0.05) is 30.7 Å². The Morgan fingerprint density at radius 3 is 2.67 bits per heavy atom. The zero-order valence-corrected chi connectivity index (χ0v) is 12.1. The first-order valence-corrected chi connectivity index (χ1v) is 6.62. The maximum absolute atomic E-state index is 12.1. The number of aliphatic hydroxyl groups excluding tert-OH is 1. The molecule has 0 spiro atoms. The summed E-state index contributed by atoms with van der Waals surface area (Å²) in [5.74, 6) is 6.23. The molecule has 1 aromatic heterocycles. The van der Waals surface area contributed by atoms with Crippen LogP contribution in [0.15, 0.2) is 30.3 Å². The fourth-order valence-electron chi connectivity index (χ4n) is 1.84. The molecule has 2 N–H and O–H groups in total. The van der Waals surface area contributed by atoms with Crippen molar-refractivity contribution in [3.05, 3.63) is 47.2 Å². The van der Waals surface area contributed by atoms with Crippen LogP contribution in [0.4, 0.5) is 5.82 Å². The van der Waals surface area contributed by atoms with E-state index in [9.17, 15) is 4.79 Å². The summed E-state index contributed by atoms with van der Waals surface area (Å²) in [6, 6.07) is 8.83. The molecule has 2 rings (SSSR count). The number of amides is 1. The number of aromatic nitrogens is 2. The van der Waals surface area contributed by atoms with E-state index in [0.29, 0.717) is 17.8 Å². The number of aryl methyl sites for hydroxylation is 2. The summed E-state index contributed by atoms with van der Waals surface area (Å²) in [4.78, 5) is 12.1. The minimum Gasteiger partial charge on any atom is -0.395 e. The molecule has 0 saturated heterocycles. The number of hydrogen-bond acceptors (Lipinski definition) is 3. The molecule has 1 heterocycles. The molecule has 0 atom stereocenters. The van der Waals surface area contributed by atoms with E-state index in [2.05, 4.69) is 22.3 Å². The maximum Gasteiger partial charge on any atom is 0.256 e. The van der Waals surface area contributed by atoms with Crippen LogP contribution in [0.25, 0.3) is 0 Å². The lowest BCUT2D eigenvalue weighted by Crippen LogP contribution is -2.14. The molecule has 0 saturated carbocycles. The highest BCUT2D eigenvalue weighted by atomic mass is 16.2. The Morgan fingerprint density at radius 1 is 1.38 bits per heavy atom. The third-order valence-corrected chi connectivity index (χ3v) is 2.86. The molecule has 5 heteroatoms. The van der Waals surface area contributed by atoms with Crippen LogP contribution < -0.4 is 5.32 Å². The van der Waals surface area contributed by atoms with Gasteiger partial charge in [-0.1, -0.05) is 11.8 Å². The normalized spacial score (nSPS) is 9.86. The van der Waals surface area contributed by atoms with E-state index in [1.165, 1.54) is 0 Å². The average molecular weight is 283 g/mol. The third kappa shape index (κ3) is 3.94. The Kier molecular flexibility index (Phi) is 4.75. The highest BCUT2D eigenvalue weighted by Crippen LogP contribution is 2.11. The second-order valence-electron chi connectivity index (χ2n) is 4.60. The molecule has 0 aliphatic carbocycles. The van der Waals surface area contributed by atoms with Crippen LogP contribution >= 0.6 is 0 Å². The molecule has 0 bridgehead atoms. The number of carbonyl (C=O) groups is 1. The average Bonchev–Trinajstić information content (AvgIpc) is 2.78. The van der Waals surface area contributed by atoms with Gasteiger partial charge in [0.2, 0.25) is 0 Å². The number of rotatable bonds is 3. The number of aliphatic hydroxyl groups is 1. The Labute approximate surface area is 123 Å². The van der Waals surface area contributed by atoms with Gasteiger partial charge in [0.1, 0.15) is 5.82 Å². The standard InChI is InChI=1S/C16H17N3O2/c1-12-11-15(19(2)18-12)17-16(21)14-8-6-13(7-9-14)5-3-4-10-20/h6-9,11,20H,4,10H2,1-2H3,(H,17,21). The second-order valence-corrected chi connectivity index (χ2v) is 4.60. The molecule has 0 unspecified atom stereocenters. The van der Waals surface area contributed by atoms with Crippen LogP contribution in [-0.4, -0.2) is 27.4 Å². The van der Waals surface area contributed by atoms with Crippen molar-refractivity contribution in [3.63, 3.8) is 0 Å². The Morgan fingerprint density at radius 2 is 2.10 bits per heavy atom. The molecular formula is C16H17N3O2. The molecule has 0 aliphatic heterocycles. The largest absolute Gasteiger partial charge is 0.395 e. The Hall–Kier alpha value is -2.58. The van der Waals surface area contributed by atoms with Gasteiger partial charge in [0.05, 0.1) is 12.3 Å². The summed E-state index contributed by atoms with van der Waals surface area (Å²) in [5, 5.41) is 15.7. The summed E-state index contributed by atoms with van der Waals surface area (Å²) >= 11 is 0. The predicted molar refractivity (Wildman–Crippen MR) is 80.9 cm³/mol. The van der Waals surface area contributed by atoms with Gasteiger partial charge in [-0.2, -0.15) is 5.10 Å². The summed E-state index contributed by atoms with van der Waals surface area (Å²) in [6.07, 6.45) is 0.447. The van der Waals surface area contributed by atoms with E-state index in [4.69, 9.17) is 5.11 Å². The van der Waals surface area contributed by atoms with E-state index in [-0.39, 0.29) is 12.5 Å². The van der Waals surface area contributed by atoms with E-state index in [1.54, 1.807) is 36.0 Å². The number of nitrogens with zero attached hydrogens (tertiary/aromatic N) is 2. The predicted octanol–water partition coefficient (Wildman–Crippen LogP) is 1.71. The quantitative estimate of drug-likeness (QED) is 0.843. The summed E-state index contributed by atoms with van der Waals surface area (Å²) < 4.78 is 1.63. The van der Waals surface area contributed by atoms with Gasteiger partial charge in [-0.15, -0.1) is 0 Å². The molecule has 0 radical (unpaired) electrons. The van der Waals surface area contributed by atoms with Gasteiger partial charge < -0.3 is 10.4 Å². The van der Waals surface area contributed by atoms with Crippen LogP contribution in [0, 0.1) is 18.8 Å². The van der Waals surface area contributed by atoms with Gasteiger partial charge in [-0.05, 0) is 31.2 Å². The first-order valence-electron chi connectivity index (χ1n) is 6.62. The number of nitrogens with one attached hydrogen (secondary N) is 1. The van der Waals surface area contributed by atoms with E-state index in [1.807, 2.05) is 13.0 Å². The number of benzene rings is 1. The monoisotopic (exact) mass is 283 g/mol. The molecule has 2 aromatic rings. The van der Waals surface area contributed by atoms with Crippen molar-refractivity contribution in [1.82, 2.24) is 9.78 Å². The smallest absolute Gasteiger partial charge is 0.256 e. The van der Waals surface area contributed by atoms with Crippen molar-refractivity contribution in [2.45, 2.75) is 13.3 Å². The zero-order valence-electron chi connectivity index (χ0n) is 12.1. The lowest BCUT2D eigenvalue weighted by atomic mass is 10.1. The lowest BCUT2D eigenvalue weighted by Gasteiger charge is -2.05. The van der Waals surface area contributed by atoms with Crippen molar-refractivity contribution in [2.24, 2.45) is 7.05 Å². The van der Waals surface area contributed by atoms with Gasteiger partial charge in [0.15, 0.2) is 0 Å². The van der Waals surface area contributed by atoms with Crippen molar-refractivity contribution in [1.29, 1.82) is 0 Å². The number of anilines is 1. The fourth-order valence-corrected chi connectivity index (χ4v) is 1.84. The molecule has 108 valence electrons. The van der Waals surface area contributed by atoms with Gasteiger partial charge in [-0.25, -0.2) is 0 Å². The highest BCUT2D eigenvalue weighted by Gasteiger charge is 2.09. The SMILES string of the molecule is Cc1cc(NC(=O)c2ccc(C#CCCO)cc2)n(C)n1. The van der Waals surface area contributed by atoms with Crippen LogP contribution in [0.2, 0.25) is 0 Å². The molecule has 21 heavy (non-hydrogen) atoms. The fraction of sp³-hybridized carbons (Fsp3) is 0.250. The van der Waals surface area contributed by atoms with Crippen molar-refractivity contribution in [3.8, 4) is 11.8 Å². The minimum atomic E-state index is -0.187. The maximum atomic E-state index is 12.1. The van der Waals surface area contributed by atoms with Gasteiger partial charge in [-0.3, -0.25) is 9.48 Å².